The largest absolute Gasteiger partial charge is 0.399 e. The fourth-order valence-electron chi connectivity index (χ4n) is 1.79. The van der Waals surface area contributed by atoms with Crippen LogP contribution in [0.25, 0.3) is 0 Å². The zero-order valence-electron chi connectivity index (χ0n) is 11.1. The Kier molecular flexibility index (Phi) is 4.20. The fraction of sp³-hybridized carbons (Fsp3) is 0.133. The molecule has 0 aliphatic carbocycles. The quantitative estimate of drug-likeness (QED) is 0.751. The first kappa shape index (κ1) is 13.9. The maximum absolute atomic E-state index is 13.1. The molecule has 5 heteroatoms. The Balaban J connectivity index is 1.95. The van der Waals surface area contributed by atoms with Gasteiger partial charge in [0.25, 0.3) is 0 Å². The van der Waals surface area contributed by atoms with Gasteiger partial charge in [0.1, 0.15) is 5.82 Å². The number of anilines is 2. The van der Waals surface area contributed by atoms with Crippen molar-refractivity contribution >= 4 is 17.4 Å². The third-order valence-electron chi connectivity index (χ3n) is 2.86. The fourth-order valence-corrected chi connectivity index (χ4v) is 1.79. The molecule has 0 saturated heterocycles. The molecule has 0 bridgehead atoms. The van der Waals surface area contributed by atoms with Crippen LogP contribution in [0.1, 0.15) is 18.5 Å². The van der Waals surface area contributed by atoms with E-state index in [1.54, 1.807) is 43.3 Å². The summed E-state index contributed by atoms with van der Waals surface area (Å²) < 4.78 is 13.1. The summed E-state index contributed by atoms with van der Waals surface area (Å²) >= 11 is 0. The summed E-state index contributed by atoms with van der Waals surface area (Å²) in [7, 11) is 0. The summed E-state index contributed by atoms with van der Waals surface area (Å²) in [6, 6.07) is 12.3. The van der Waals surface area contributed by atoms with E-state index in [9.17, 15) is 9.18 Å². The second-order valence-corrected chi connectivity index (χ2v) is 4.50. The van der Waals surface area contributed by atoms with Crippen molar-refractivity contribution in [2.45, 2.75) is 13.0 Å². The molecular formula is C15H16FN3O. The molecule has 0 fully saturated rings. The Hall–Kier alpha value is -2.56. The van der Waals surface area contributed by atoms with Crippen LogP contribution in [0.4, 0.5) is 20.6 Å². The first-order valence-electron chi connectivity index (χ1n) is 6.23. The summed E-state index contributed by atoms with van der Waals surface area (Å²) in [4.78, 5) is 11.8. The lowest BCUT2D eigenvalue weighted by molar-refractivity contribution is 0.249. The number of hydrogen-bond acceptors (Lipinski definition) is 2. The number of rotatable bonds is 3. The summed E-state index contributed by atoms with van der Waals surface area (Å²) in [5.74, 6) is -0.324. The Morgan fingerprint density at radius 3 is 2.55 bits per heavy atom. The number of nitrogen functional groups attached to an aromatic ring is 1. The van der Waals surface area contributed by atoms with E-state index in [4.69, 9.17) is 5.73 Å². The molecule has 4 N–H and O–H groups in total. The third kappa shape index (κ3) is 3.71. The van der Waals surface area contributed by atoms with Crippen LogP contribution >= 0.6 is 0 Å². The molecule has 0 aliphatic rings. The molecule has 0 heterocycles. The van der Waals surface area contributed by atoms with Crippen molar-refractivity contribution in [1.82, 2.24) is 5.32 Å². The average molecular weight is 273 g/mol. The molecule has 0 spiro atoms. The highest BCUT2D eigenvalue weighted by atomic mass is 19.1. The van der Waals surface area contributed by atoms with Gasteiger partial charge in [-0.3, -0.25) is 0 Å². The minimum Gasteiger partial charge on any atom is -0.399 e. The Morgan fingerprint density at radius 2 is 1.90 bits per heavy atom. The summed E-state index contributed by atoms with van der Waals surface area (Å²) in [5.41, 5.74) is 7.54. The van der Waals surface area contributed by atoms with Gasteiger partial charge in [0.15, 0.2) is 0 Å². The molecule has 1 unspecified atom stereocenters. The molecule has 20 heavy (non-hydrogen) atoms. The number of benzene rings is 2. The van der Waals surface area contributed by atoms with Gasteiger partial charge >= 0.3 is 6.03 Å². The van der Waals surface area contributed by atoms with E-state index in [-0.39, 0.29) is 17.9 Å². The Labute approximate surface area is 116 Å². The SMILES string of the molecule is CC(NC(=O)Nc1ccc(N)cc1)c1cccc(F)c1. The second-order valence-electron chi connectivity index (χ2n) is 4.50. The highest BCUT2D eigenvalue weighted by Gasteiger charge is 2.10. The third-order valence-corrected chi connectivity index (χ3v) is 2.86. The molecule has 1 atom stereocenters. The summed E-state index contributed by atoms with van der Waals surface area (Å²) in [6.45, 7) is 1.79. The van der Waals surface area contributed by atoms with Gasteiger partial charge in [-0.2, -0.15) is 0 Å². The Bertz CT molecular complexity index is 598. The Morgan fingerprint density at radius 1 is 1.20 bits per heavy atom. The molecular weight excluding hydrogens is 257 g/mol. The van der Waals surface area contributed by atoms with E-state index < -0.39 is 0 Å². The number of amides is 2. The molecule has 2 aromatic carbocycles. The number of halogens is 1. The van der Waals surface area contributed by atoms with Gasteiger partial charge in [0.05, 0.1) is 6.04 Å². The van der Waals surface area contributed by atoms with Crippen molar-refractivity contribution in [3.63, 3.8) is 0 Å². The van der Waals surface area contributed by atoms with Crippen LogP contribution in [0.15, 0.2) is 48.5 Å². The van der Waals surface area contributed by atoms with Gasteiger partial charge in [0, 0.05) is 11.4 Å². The second kappa shape index (κ2) is 6.06. The lowest BCUT2D eigenvalue weighted by Crippen LogP contribution is -2.31. The molecule has 0 aliphatic heterocycles. The van der Waals surface area contributed by atoms with Crippen LogP contribution in [0.5, 0.6) is 0 Å². The zero-order chi connectivity index (χ0) is 14.5. The minimum atomic E-state index is -0.355. The van der Waals surface area contributed by atoms with E-state index in [1.807, 2.05) is 0 Å². The summed E-state index contributed by atoms with van der Waals surface area (Å²) in [6.07, 6.45) is 0. The van der Waals surface area contributed by atoms with Crippen LogP contribution in [-0.2, 0) is 0 Å². The van der Waals surface area contributed by atoms with Crippen LogP contribution in [0.3, 0.4) is 0 Å². The number of hydrogen-bond donors (Lipinski definition) is 3. The molecule has 2 aromatic rings. The van der Waals surface area contributed by atoms with Crippen molar-refractivity contribution in [3.05, 3.63) is 59.9 Å². The standard InChI is InChI=1S/C15H16FN3O/c1-10(11-3-2-4-12(16)9-11)18-15(20)19-14-7-5-13(17)6-8-14/h2-10H,17H2,1H3,(H2,18,19,20). The summed E-state index contributed by atoms with van der Waals surface area (Å²) in [5, 5.41) is 5.42. The maximum atomic E-state index is 13.1. The highest BCUT2D eigenvalue weighted by molar-refractivity contribution is 5.89. The van der Waals surface area contributed by atoms with E-state index in [0.717, 1.165) is 0 Å². The smallest absolute Gasteiger partial charge is 0.319 e. The molecule has 0 saturated carbocycles. The van der Waals surface area contributed by atoms with Crippen LogP contribution in [-0.4, -0.2) is 6.03 Å². The zero-order valence-corrected chi connectivity index (χ0v) is 11.1. The van der Waals surface area contributed by atoms with Crippen molar-refractivity contribution in [2.24, 2.45) is 0 Å². The molecule has 4 nitrogen and oxygen atoms in total. The van der Waals surface area contributed by atoms with Gasteiger partial charge < -0.3 is 16.4 Å². The first-order chi connectivity index (χ1) is 9.54. The monoisotopic (exact) mass is 273 g/mol. The number of nitrogens with two attached hydrogens (primary N) is 1. The lowest BCUT2D eigenvalue weighted by atomic mass is 10.1. The van der Waals surface area contributed by atoms with Crippen LogP contribution in [0, 0.1) is 5.82 Å². The average Bonchev–Trinajstić information content (AvgIpc) is 2.41. The normalized spacial score (nSPS) is 11.7. The minimum absolute atomic E-state index is 0.292. The first-order valence-corrected chi connectivity index (χ1v) is 6.23. The van der Waals surface area contributed by atoms with Gasteiger partial charge in [-0.25, -0.2) is 9.18 Å². The molecule has 104 valence electrons. The van der Waals surface area contributed by atoms with Crippen LogP contribution < -0.4 is 16.4 Å². The predicted molar refractivity (Wildman–Crippen MR) is 77.8 cm³/mol. The molecule has 0 radical (unpaired) electrons. The van der Waals surface area contributed by atoms with E-state index in [0.29, 0.717) is 16.9 Å². The van der Waals surface area contributed by atoms with Gasteiger partial charge in [0.2, 0.25) is 0 Å². The number of nitrogens with one attached hydrogen (secondary N) is 2. The van der Waals surface area contributed by atoms with Gasteiger partial charge in [-0.15, -0.1) is 0 Å². The van der Waals surface area contributed by atoms with Crippen molar-refractivity contribution in [1.29, 1.82) is 0 Å². The van der Waals surface area contributed by atoms with Gasteiger partial charge in [-0.1, -0.05) is 12.1 Å². The van der Waals surface area contributed by atoms with Crippen molar-refractivity contribution in [3.8, 4) is 0 Å². The number of urea groups is 1. The van der Waals surface area contributed by atoms with Gasteiger partial charge in [-0.05, 0) is 48.9 Å². The van der Waals surface area contributed by atoms with E-state index >= 15 is 0 Å². The van der Waals surface area contributed by atoms with Crippen LogP contribution in [0.2, 0.25) is 0 Å². The van der Waals surface area contributed by atoms with Crippen molar-refractivity contribution in [2.75, 3.05) is 11.1 Å². The van der Waals surface area contributed by atoms with E-state index in [2.05, 4.69) is 10.6 Å². The highest BCUT2D eigenvalue weighted by Crippen LogP contribution is 2.14. The predicted octanol–water partition coefficient (Wildman–Crippen LogP) is 3.29. The van der Waals surface area contributed by atoms with E-state index in [1.165, 1.54) is 12.1 Å². The molecule has 0 aromatic heterocycles. The number of carbonyl (C=O) groups is 1. The molecule has 2 amide bonds. The number of carbonyl (C=O) groups excluding carboxylic acids is 1. The van der Waals surface area contributed by atoms with Crippen molar-refractivity contribution < 1.29 is 9.18 Å². The molecule has 2 rings (SSSR count). The topological polar surface area (TPSA) is 67.2 Å². The maximum Gasteiger partial charge on any atom is 0.319 e. The lowest BCUT2D eigenvalue weighted by Gasteiger charge is -2.15.